The van der Waals surface area contributed by atoms with Crippen LogP contribution in [0.5, 0.6) is 0 Å². The van der Waals surface area contributed by atoms with Crippen molar-refractivity contribution in [3.8, 4) is 0 Å². The number of nitrogens with zero attached hydrogens (tertiary/aromatic N) is 1. The summed E-state index contributed by atoms with van der Waals surface area (Å²) in [6, 6.07) is 0. The Bertz CT molecular complexity index is 257. The van der Waals surface area contributed by atoms with Crippen LogP contribution in [-0.4, -0.2) is 10.9 Å². The Hall–Kier alpha value is -0.750. The number of hydrogen-bond acceptors (Lipinski definition) is 3. The van der Waals surface area contributed by atoms with Gasteiger partial charge in [0.1, 0.15) is 0 Å². The molecule has 0 spiro atoms. The summed E-state index contributed by atoms with van der Waals surface area (Å²) in [5.74, 6) is 0.395. The molecule has 0 saturated carbocycles. The van der Waals surface area contributed by atoms with E-state index in [1.54, 1.807) is 0 Å². The van der Waals surface area contributed by atoms with Crippen LogP contribution in [0.1, 0.15) is 5.69 Å². The second-order valence-corrected chi connectivity index (χ2v) is 2.97. The molecular formula is C5H7N4S2. The first kappa shape index (κ1) is 8.35. The molecular weight excluding hydrogens is 180 g/mol. The van der Waals surface area contributed by atoms with Gasteiger partial charge in [-0.3, -0.25) is 5.41 Å². The van der Waals surface area contributed by atoms with Crippen LogP contribution in [0.4, 0.5) is 5.13 Å². The molecule has 0 atom stereocenters. The second kappa shape index (κ2) is 3.59. The third-order valence-corrected chi connectivity index (χ3v) is 2.04. The molecule has 4 N–H and O–H groups in total. The number of anilines is 1. The molecule has 1 radical (unpaired) electrons. The predicted octanol–water partition coefficient (Wildman–Crippen LogP) is 1.15. The van der Waals surface area contributed by atoms with Crippen LogP contribution in [0.15, 0.2) is 5.38 Å². The smallest absolute Gasteiger partial charge is 0.192 e. The number of hydrogen-bond donors (Lipinski definition) is 3. The van der Waals surface area contributed by atoms with E-state index in [2.05, 4.69) is 10.3 Å². The molecule has 0 fully saturated rings. The molecule has 0 unspecified atom stereocenters. The molecule has 0 bridgehead atoms. The minimum Gasteiger partial charge on any atom is -0.370 e. The fourth-order valence-corrected chi connectivity index (χ4v) is 1.52. The maximum atomic E-state index is 6.91. The number of thiazole rings is 1. The Morgan fingerprint density at radius 3 is 3.09 bits per heavy atom. The highest BCUT2D eigenvalue weighted by molar-refractivity contribution is 7.79. The van der Waals surface area contributed by atoms with Crippen LogP contribution >= 0.6 is 24.0 Å². The fourth-order valence-electron chi connectivity index (χ4n) is 0.546. The summed E-state index contributed by atoms with van der Waals surface area (Å²) < 4.78 is 0. The van der Waals surface area contributed by atoms with Crippen molar-refractivity contribution < 1.29 is 0 Å². The Kier molecular flexibility index (Phi) is 2.72. The topological polar surface area (TPSA) is 74.8 Å². The molecule has 59 valence electrons. The Morgan fingerprint density at radius 2 is 2.64 bits per heavy atom. The lowest BCUT2D eigenvalue weighted by atomic mass is 10.6. The third-order valence-electron chi connectivity index (χ3n) is 0.941. The van der Waals surface area contributed by atoms with Gasteiger partial charge in [-0.15, -0.1) is 11.3 Å². The van der Waals surface area contributed by atoms with Crippen molar-refractivity contribution in [1.29, 1.82) is 5.41 Å². The van der Waals surface area contributed by atoms with Crippen LogP contribution in [0.3, 0.4) is 0 Å². The first-order valence-corrected chi connectivity index (χ1v) is 4.31. The van der Waals surface area contributed by atoms with Gasteiger partial charge in [0.25, 0.3) is 0 Å². The van der Waals surface area contributed by atoms with E-state index in [9.17, 15) is 0 Å². The van der Waals surface area contributed by atoms with Gasteiger partial charge in [0, 0.05) is 11.1 Å². The van der Waals surface area contributed by atoms with E-state index in [1.807, 2.05) is 5.38 Å². The molecule has 0 aliphatic carbocycles. The van der Waals surface area contributed by atoms with Crippen LogP contribution in [0.2, 0.25) is 0 Å². The molecule has 6 heteroatoms. The predicted molar refractivity (Wildman–Crippen MR) is 48.9 cm³/mol. The third kappa shape index (κ3) is 2.39. The van der Waals surface area contributed by atoms with Crippen molar-refractivity contribution in [2.24, 2.45) is 5.73 Å². The van der Waals surface area contributed by atoms with Crippen molar-refractivity contribution in [2.45, 2.75) is 5.75 Å². The van der Waals surface area contributed by atoms with Crippen molar-refractivity contribution in [3.05, 3.63) is 11.1 Å². The van der Waals surface area contributed by atoms with Crippen LogP contribution in [0, 0.1) is 5.41 Å². The van der Waals surface area contributed by atoms with E-state index in [4.69, 9.17) is 23.8 Å². The largest absolute Gasteiger partial charge is 0.370 e. The van der Waals surface area contributed by atoms with Gasteiger partial charge in [0.05, 0.1) is 5.69 Å². The number of rotatable bonds is 2. The molecule has 0 saturated heterocycles. The lowest BCUT2D eigenvalue weighted by Gasteiger charge is -1.95. The van der Waals surface area contributed by atoms with E-state index in [0.29, 0.717) is 10.9 Å². The molecule has 11 heavy (non-hydrogen) atoms. The number of nitrogens with two attached hydrogens (primary N) is 1. The quantitative estimate of drug-likeness (QED) is 0.480. The zero-order chi connectivity index (χ0) is 8.27. The van der Waals surface area contributed by atoms with E-state index in [-0.39, 0.29) is 5.96 Å². The van der Waals surface area contributed by atoms with Gasteiger partial charge in [0.15, 0.2) is 11.1 Å². The van der Waals surface area contributed by atoms with Crippen LogP contribution < -0.4 is 11.1 Å². The summed E-state index contributed by atoms with van der Waals surface area (Å²) in [6.07, 6.45) is 0. The summed E-state index contributed by atoms with van der Waals surface area (Å²) in [5.41, 5.74) is 5.93. The molecule has 1 aromatic rings. The van der Waals surface area contributed by atoms with Gasteiger partial charge < -0.3 is 11.1 Å². The van der Waals surface area contributed by atoms with Crippen molar-refractivity contribution >= 4 is 35.1 Å². The van der Waals surface area contributed by atoms with Crippen molar-refractivity contribution in [2.75, 3.05) is 5.32 Å². The first-order chi connectivity index (χ1) is 5.22. The molecule has 0 aliphatic heterocycles. The first-order valence-electron chi connectivity index (χ1n) is 2.86. The number of nitrogens with one attached hydrogen (secondary N) is 2. The van der Waals surface area contributed by atoms with Gasteiger partial charge >= 0.3 is 0 Å². The van der Waals surface area contributed by atoms with Gasteiger partial charge in [-0.05, 0) is 0 Å². The maximum absolute atomic E-state index is 6.91. The molecule has 0 aliphatic rings. The van der Waals surface area contributed by atoms with Gasteiger partial charge in [-0.25, -0.2) is 4.98 Å². The summed E-state index contributed by atoms with van der Waals surface area (Å²) in [7, 11) is 0. The Morgan fingerprint density at radius 1 is 1.91 bits per heavy atom. The van der Waals surface area contributed by atoms with Crippen LogP contribution in [-0.2, 0) is 5.75 Å². The summed E-state index contributed by atoms with van der Waals surface area (Å²) in [5, 5.41) is 12.0. The molecule has 0 amide bonds. The van der Waals surface area contributed by atoms with Crippen molar-refractivity contribution in [1.82, 2.24) is 4.98 Å². The average Bonchev–Trinajstić information content (AvgIpc) is 2.34. The maximum Gasteiger partial charge on any atom is 0.192 e. The van der Waals surface area contributed by atoms with Gasteiger partial charge in [-0.2, -0.15) is 0 Å². The Balaban J connectivity index is 2.65. The summed E-state index contributed by atoms with van der Waals surface area (Å²) in [6.45, 7) is 0. The normalized spacial score (nSPS) is 9.55. The highest BCUT2D eigenvalue weighted by Gasteiger charge is 1.99. The number of guanidine groups is 1. The Labute approximate surface area is 73.8 Å². The minimum absolute atomic E-state index is 0.102. The highest BCUT2D eigenvalue weighted by Crippen LogP contribution is 2.15. The summed E-state index contributed by atoms with van der Waals surface area (Å²) in [4.78, 5) is 4.05. The standard InChI is InChI=1S/C5H7N4S2/c6-4(7)9-5-8-3(1-10)2-11-5/h2H,1H2,(H4,6,7,8,9). The minimum atomic E-state index is -0.102. The number of aromatic nitrogens is 1. The monoisotopic (exact) mass is 187 g/mol. The molecule has 1 aromatic heterocycles. The summed E-state index contributed by atoms with van der Waals surface area (Å²) >= 11 is 6.17. The van der Waals surface area contributed by atoms with Gasteiger partial charge in [-0.1, -0.05) is 12.6 Å². The lowest BCUT2D eigenvalue weighted by Crippen LogP contribution is -2.20. The zero-order valence-electron chi connectivity index (χ0n) is 5.63. The van der Waals surface area contributed by atoms with E-state index < -0.39 is 0 Å². The van der Waals surface area contributed by atoms with Gasteiger partial charge in [0.2, 0.25) is 0 Å². The molecule has 0 aromatic carbocycles. The SMILES string of the molecule is N=C(N)Nc1nc(C[S])cs1. The van der Waals surface area contributed by atoms with Crippen molar-refractivity contribution in [3.63, 3.8) is 0 Å². The lowest BCUT2D eigenvalue weighted by molar-refractivity contribution is 1.24. The molecule has 1 rings (SSSR count). The molecule has 1 heterocycles. The van der Waals surface area contributed by atoms with E-state index in [0.717, 1.165) is 5.69 Å². The second-order valence-electron chi connectivity index (χ2n) is 1.83. The zero-order valence-corrected chi connectivity index (χ0v) is 7.26. The van der Waals surface area contributed by atoms with E-state index in [1.165, 1.54) is 11.3 Å². The highest BCUT2D eigenvalue weighted by atomic mass is 32.1. The molecule has 4 nitrogen and oxygen atoms in total. The van der Waals surface area contributed by atoms with E-state index >= 15 is 0 Å². The fraction of sp³-hybridized carbons (Fsp3) is 0.200. The average molecular weight is 187 g/mol. The van der Waals surface area contributed by atoms with Crippen LogP contribution in [0.25, 0.3) is 0 Å².